The smallest absolute Gasteiger partial charge is 0.0540 e. The Morgan fingerprint density at radius 2 is 0.857 bits per heavy atom. The number of fused-ring (bicyclic) bond motifs is 7. The zero-order valence-corrected chi connectivity index (χ0v) is 31.4. The lowest BCUT2D eigenvalue weighted by molar-refractivity contribution is 1.29. The van der Waals surface area contributed by atoms with E-state index in [4.69, 9.17) is 0 Å². The highest BCUT2D eigenvalue weighted by Gasteiger charge is 2.22. The molecule has 1 heterocycles. The first kappa shape index (κ1) is 32.4. The molecule has 0 N–H and O–H groups in total. The van der Waals surface area contributed by atoms with E-state index in [1.807, 2.05) is 11.3 Å². The highest BCUT2D eigenvalue weighted by Crippen LogP contribution is 2.47. The topological polar surface area (TPSA) is 3.24 Å². The molecule has 0 aliphatic heterocycles. The predicted octanol–water partition coefficient (Wildman–Crippen LogP) is 16.0. The molecule has 0 bridgehead atoms. The second kappa shape index (κ2) is 13.4. The van der Waals surface area contributed by atoms with Crippen LogP contribution < -0.4 is 4.90 Å². The first-order chi connectivity index (χ1) is 27.7. The van der Waals surface area contributed by atoms with E-state index in [0.717, 1.165) is 17.1 Å². The maximum absolute atomic E-state index is 2.49. The summed E-state index contributed by atoms with van der Waals surface area (Å²) in [4.78, 5) is 2.49. The molecule has 0 radical (unpaired) electrons. The molecule has 0 saturated carbocycles. The van der Waals surface area contributed by atoms with E-state index in [-0.39, 0.29) is 0 Å². The van der Waals surface area contributed by atoms with Crippen LogP contribution in [0, 0.1) is 0 Å². The van der Waals surface area contributed by atoms with Crippen molar-refractivity contribution < 1.29 is 0 Å². The van der Waals surface area contributed by atoms with Crippen molar-refractivity contribution in [3.63, 3.8) is 0 Å². The molecule has 0 unspecified atom stereocenters. The number of para-hydroxylation sites is 1. The van der Waals surface area contributed by atoms with E-state index in [1.54, 1.807) is 0 Å². The second-order valence-corrected chi connectivity index (χ2v) is 15.6. The quantitative estimate of drug-likeness (QED) is 0.154. The van der Waals surface area contributed by atoms with Gasteiger partial charge in [0.15, 0.2) is 0 Å². The summed E-state index contributed by atoms with van der Waals surface area (Å²) < 4.78 is 2.60. The summed E-state index contributed by atoms with van der Waals surface area (Å²) in [5.41, 5.74) is 10.5. The summed E-state index contributed by atoms with van der Waals surface area (Å²) in [6.45, 7) is 0. The third-order valence-corrected chi connectivity index (χ3v) is 12.3. The average Bonchev–Trinajstić information content (AvgIpc) is 3.62. The van der Waals surface area contributed by atoms with Gasteiger partial charge in [0.05, 0.1) is 5.69 Å². The Hall–Kier alpha value is -7.00. The van der Waals surface area contributed by atoms with Gasteiger partial charge in [0, 0.05) is 37.1 Å². The molecule has 0 aliphatic carbocycles. The summed E-state index contributed by atoms with van der Waals surface area (Å²) >= 11 is 1.87. The van der Waals surface area contributed by atoms with Gasteiger partial charge >= 0.3 is 0 Å². The van der Waals surface area contributed by atoms with Crippen LogP contribution in [-0.2, 0) is 0 Å². The van der Waals surface area contributed by atoms with Crippen LogP contribution in [0.1, 0.15) is 0 Å². The van der Waals surface area contributed by atoms with Crippen molar-refractivity contribution in [2.75, 3.05) is 4.90 Å². The van der Waals surface area contributed by atoms with Crippen molar-refractivity contribution in [2.45, 2.75) is 0 Å². The van der Waals surface area contributed by atoms with Gasteiger partial charge in [-0.15, -0.1) is 11.3 Å². The van der Waals surface area contributed by atoms with Crippen LogP contribution in [0.4, 0.5) is 17.1 Å². The van der Waals surface area contributed by atoms with E-state index in [9.17, 15) is 0 Å². The van der Waals surface area contributed by atoms with Gasteiger partial charge in [0.25, 0.3) is 0 Å². The maximum Gasteiger partial charge on any atom is 0.0540 e. The summed E-state index contributed by atoms with van der Waals surface area (Å²) in [6, 6.07) is 78.0. The number of benzene rings is 10. The van der Waals surface area contributed by atoms with Crippen LogP contribution in [-0.4, -0.2) is 0 Å². The third kappa shape index (κ3) is 5.54. The molecule has 0 saturated heterocycles. The molecular formula is C54H35NS. The summed E-state index contributed by atoms with van der Waals surface area (Å²) in [5, 5.41) is 10.1. The summed E-state index contributed by atoms with van der Waals surface area (Å²) in [6.07, 6.45) is 0. The molecule has 0 fully saturated rings. The molecule has 1 aromatic heterocycles. The van der Waals surface area contributed by atoms with Gasteiger partial charge in [-0.2, -0.15) is 0 Å². The van der Waals surface area contributed by atoms with Crippen molar-refractivity contribution in [1.29, 1.82) is 0 Å². The van der Waals surface area contributed by atoms with Gasteiger partial charge < -0.3 is 4.90 Å². The van der Waals surface area contributed by atoms with Gasteiger partial charge in [-0.05, 0) is 121 Å². The Bertz CT molecular complexity index is 3190. The summed E-state index contributed by atoms with van der Waals surface area (Å²) in [7, 11) is 0. The van der Waals surface area contributed by atoms with Crippen molar-refractivity contribution >= 4 is 80.9 Å². The van der Waals surface area contributed by atoms with Crippen molar-refractivity contribution in [3.05, 3.63) is 212 Å². The Kier molecular flexibility index (Phi) is 7.75. The Morgan fingerprint density at radius 3 is 1.59 bits per heavy atom. The van der Waals surface area contributed by atoms with E-state index in [2.05, 4.69) is 217 Å². The minimum absolute atomic E-state index is 1.10. The molecule has 0 atom stereocenters. The fourth-order valence-corrected chi connectivity index (χ4v) is 9.64. The van der Waals surface area contributed by atoms with Gasteiger partial charge in [0.1, 0.15) is 0 Å². The monoisotopic (exact) mass is 729 g/mol. The maximum atomic E-state index is 2.49. The standard InChI is InChI=1S/C54H35NS/c1-3-15-36(16-4-1)41-29-42(37-17-5-2-6-18-37)31-44(30-41)55(43-27-28-53-51(35-43)50-32-38-19-7-8-20-39(38)34-54(50)56-53)52-26-14-13-25-48(52)49-33-40-21-9-10-22-45(40)46-23-11-12-24-47(46)49/h1-35H. The molecule has 56 heavy (non-hydrogen) atoms. The van der Waals surface area contributed by atoms with E-state index < -0.39 is 0 Å². The number of nitrogens with zero attached hydrogens (tertiary/aromatic N) is 1. The van der Waals surface area contributed by atoms with Crippen LogP contribution in [0.25, 0.3) is 85.9 Å². The fraction of sp³-hybridized carbons (Fsp3) is 0. The zero-order valence-electron chi connectivity index (χ0n) is 30.6. The van der Waals surface area contributed by atoms with Crippen LogP contribution in [0.15, 0.2) is 212 Å². The van der Waals surface area contributed by atoms with Crippen molar-refractivity contribution in [1.82, 2.24) is 0 Å². The molecule has 0 spiro atoms. The Labute approximate surface area is 330 Å². The lowest BCUT2D eigenvalue weighted by Gasteiger charge is -2.29. The predicted molar refractivity (Wildman–Crippen MR) is 243 cm³/mol. The van der Waals surface area contributed by atoms with Gasteiger partial charge in [-0.1, -0.05) is 152 Å². The van der Waals surface area contributed by atoms with E-state index in [0.29, 0.717) is 0 Å². The Morgan fingerprint density at radius 1 is 0.286 bits per heavy atom. The van der Waals surface area contributed by atoms with E-state index >= 15 is 0 Å². The van der Waals surface area contributed by atoms with E-state index in [1.165, 1.54) is 85.9 Å². The highest BCUT2D eigenvalue weighted by atomic mass is 32.1. The van der Waals surface area contributed by atoms with Crippen LogP contribution in [0.3, 0.4) is 0 Å². The molecule has 11 aromatic rings. The number of anilines is 3. The number of rotatable bonds is 6. The minimum atomic E-state index is 1.10. The van der Waals surface area contributed by atoms with Gasteiger partial charge in [0.2, 0.25) is 0 Å². The molecule has 0 aliphatic rings. The number of thiophene rings is 1. The van der Waals surface area contributed by atoms with Crippen LogP contribution in [0.5, 0.6) is 0 Å². The number of hydrogen-bond acceptors (Lipinski definition) is 2. The lowest BCUT2D eigenvalue weighted by atomic mass is 9.91. The highest BCUT2D eigenvalue weighted by molar-refractivity contribution is 7.25. The summed E-state index contributed by atoms with van der Waals surface area (Å²) in [5.74, 6) is 0. The fourth-order valence-electron chi connectivity index (χ4n) is 8.52. The SMILES string of the molecule is c1ccc(-c2cc(-c3ccccc3)cc(N(c3ccc4sc5cc6ccccc6cc5c4c3)c3ccccc3-c3cc4ccccc4c4ccccc34)c2)cc1. The van der Waals surface area contributed by atoms with Crippen LogP contribution in [0.2, 0.25) is 0 Å². The van der Waals surface area contributed by atoms with Crippen LogP contribution >= 0.6 is 11.3 Å². The molecule has 2 heteroatoms. The molecular weight excluding hydrogens is 695 g/mol. The first-order valence-electron chi connectivity index (χ1n) is 19.2. The normalized spacial score (nSPS) is 11.6. The van der Waals surface area contributed by atoms with Gasteiger partial charge in [-0.3, -0.25) is 0 Å². The molecule has 262 valence electrons. The van der Waals surface area contributed by atoms with Crippen molar-refractivity contribution in [2.24, 2.45) is 0 Å². The molecule has 0 amide bonds. The minimum Gasteiger partial charge on any atom is -0.310 e. The van der Waals surface area contributed by atoms with Gasteiger partial charge in [-0.25, -0.2) is 0 Å². The zero-order chi connectivity index (χ0) is 37.0. The lowest BCUT2D eigenvalue weighted by Crippen LogP contribution is -2.11. The molecule has 11 rings (SSSR count). The first-order valence-corrected chi connectivity index (χ1v) is 20.0. The molecule has 10 aromatic carbocycles. The average molecular weight is 730 g/mol. The molecule has 1 nitrogen and oxygen atoms in total. The third-order valence-electron chi connectivity index (χ3n) is 11.2. The Balaban J connectivity index is 1.21. The number of hydrogen-bond donors (Lipinski definition) is 0. The van der Waals surface area contributed by atoms with Crippen molar-refractivity contribution in [3.8, 4) is 33.4 Å². The second-order valence-electron chi connectivity index (χ2n) is 14.5. The largest absolute Gasteiger partial charge is 0.310 e.